The van der Waals surface area contributed by atoms with E-state index in [9.17, 15) is 4.79 Å². The molecule has 0 N–H and O–H groups in total. The molecule has 1 heterocycles. The Kier molecular flexibility index (Phi) is 3.68. The molecule has 1 aliphatic carbocycles. The number of aromatic nitrogens is 3. The summed E-state index contributed by atoms with van der Waals surface area (Å²) in [7, 11) is 1.86. The molecular weight excluding hydrogens is 230 g/mol. The van der Waals surface area contributed by atoms with Gasteiger partial charge in [0.05, 0.1) is 6.61 Å². The third-order valence-corrected chi connectivity index (χ3v) is 3.93. The van der Waals surface area contributed by atoms with Crippen LogP contribution in [0.2, 0.25) is 0 Å². The maximum absolute atomic E-state index is 11.7. The molecule has 0 amide bonds. The molecule has 1 saturated carbocycles. The van der Waals surface area contributed by atoms with Crippen molar-refractivity contribution in [1.82, 2.24) is 14.8 Å². The number of ether oxygens (including phenoxy) is 1. The van der Waals surface area contributed by atoms with Gasteiger partial charge in [-0.15, -0.1) is 5.10 Å². The van der Waals surface area contributed by atoms with Crippen molar-refractivity contribution < 1.29 is 9.53 Å². The lowest BCUT2D eigenvalue weighted by Gasteiger charge is -2.25. The first kappa shape index (κ1) is 13.1. The molecule has 0 radical (unpaired) electrons. The van der Waals surface area contributed by atoms with Crippen LogP contribution in [0.4, 0.5) is 0 Å². The summed E-state index contributed by atoms with van der Waals surface area (Å²) in [4.78, 5) is 16.1. The summed E-state index contributed by atoms with van der Waals surface area (Å²) < 4.78 is 6.70. The molecule has 0 saturated heterocycles. The highest BCUT2D eigenvalue weighted by Gasteiger charge is 2.38. The number of carbonyl (C=O) groups excluding carboxylic acids is 1. The molecule has 1 aliphatic rings. The van der Waals surface area contributed by atoms with Gasteiger partial charge in [-0.05, 0) is 26.2 Å². The molecule has 0 spiro atoms. The Bertz CT molecular complexity index is 433. The third kappa shape index (κ3) is 2.13. The van der Waals surface area contributed by atoms with E-state index in [1.807, 2.05) is 7.05 Å². The van der Waals surface area contributed by atoms with Crippen molar-refractivity contribution in [2.75, 3.05) is 6.61 Å². The largest absolute Gasteiger partial charge is 0.460 e. The smallest absolute Gasteiger partial charge is 0.378 e. The van der Waals surface area contributed by atoms with Gasteiger partial charge in [0.1, 0.15) is 5.82 Å². The van der Waals surface area contributed by atoms with Crippen molar-refractivity contribution in [3.05, 3.63) is 11.6 Å². The van der Waals surface area contributed by atoms with Gasteiger partial charge in [0.2, 0.25) is 0 Å². The summed E-state index contributed by atoms with van der Waals surface area (Å²) >= 11 is 0. The van der Waals surface area contributed by atoms with Gasteiger partial charge < -0.3 is 4.74 Å². The van der Waals surface area contributed by atoms with E-state index < -0.39 is 5.97 Å². The number of aryl methyl sites for hydroxylation is 1. The lowest BCUT2D eigenvalue weighted by molar-refractivity contribution is 0.0511. The van der Waals surface area contributed by atoms with E-state index in [-0.39, 0.29) is 11.2 Å². The van der Waals surface area contributed by atoms with Crippen molar-refractivity contribution in [3.8, 4) is 0 Å². The fraction of sp³-hybridized carbons (Fsp3) is 0.769. The first-order chi connectivity index (χ1) is 8.63. The number of hydrogen-bond donors (Lipinski definition) is 0. The van der Waals surface area contributed by atoms with Crippen LogP contribution in [0.3, 0.4) is 0 Å². The summed E-state index contributed by atoms with van der Waals surface area (Å²) in [6.07, 6.45) is 5.78. The van der Waals surface area contributed by atoms with Gasteiger partial charge in [-0.1, -0.05) is 19.8 Å². The van der Waals surface area contributed by atoms with E-state index in [4.69, 9.17) is 4.74 Å². The molecular formula is C13H21N3O2. The van der Waals surface area contributed by atoms with Crippen molar-refractivity contribution >= 4 is 5.97 Å². The third-order valence-electron chi connectivity index (χ3n) is 3.93. The van der Waals surface area contributed by atoms with E-state index in [0.717, 1.165) is 25.1 Å². The summed E-state index contributed by atoms with van der Waals surface area (Å²) in [5, 5.41) is 4.20. The first-order valence-corrected chi connectivity index (χ1v) is 6.71. The maximum Gasteiger partial charge on any atom is 0.378 e. The van der Waals surface area contributed by atoms with Crippen LogP contribution in [-0.4, -0.2) is 27.3 Å². The minimum absolute atomic E-state index is 0.104. The van der Waals surface area contributed by atoms with Crippen LogP contribution in [0.25, 0.3) is 0 Å². The molecule has 100 valence electrons. The Morgan fingerprint density at radius 2 is 2.06 bits per heavy atom. The highest BCUT2D eigenvalue weighted by molar-refractivity contribution is 5.85. The van der Waals surface area contributed by atoms with Crippen molar-refractivity contribution in [2.45, 2.75) is 51.4 Å². The molecule has 0 aliphatic heterocycles. The predicted molar refractivity (Wildman–Crippen MR) is 67.4 cm³/mol. The van der Waals surface area contributed by atoms with Crippen molar-refractivity contribution in [3.63, 3.8) is 0 Å². The zero-order valence-corrected chi connectivity index (χ0v) is 11.4. The van der Waals surface area contributed by atoms with Crippen molar-refractivity contribution in [1.29, 1.82) is 0 Å². The number of rotatable bonds is 4. The second kappa shape index (κ2) is 5.08. The Balaban J connectivity index is 2.31. The van der Waals surface area contributed by atoms with Crippen LogP contribution in [0.5, 0.6) is 0 Å². The maximum atomic E-state index is 11.7. The van der Waals surface area contributed by atoms with Crippen LogP contribution < -0.4 is 0 Å². The number of hydrogen-bond acceptors (Lipinski definition) is 4. The van der Waals surface area contributed by atoms with Crippen LogP contribution >= 0.6 is 0 Å². The van der Waals surface area contributed by atoms with Gasteiger partial charge in [0.15, 0.2) is 0 Å². The average molecular weight is 251 g/mol. The second-order valence-electron chi connectivity index (χ2n) is 4.94. The highest BCUT2D eigenvalue weighted by Crippen LogP contribution is 2.42. The molecule has 18 heavy (non-hydrogen) atoms. The number of carbonyl (C=O) groups is 1. The fourth-order valence-corrected chi connectivity index (χ4v) is 2.92. The molecule has 1 aromatic rings. The molecule has 0 atom stereocenters. The predicted octanol–water partition coefficient (Wildman–Crippen LogP) is 2.21. The molecule has 1 fully saturated rings. The first-order valence-electron chi connectivity index (χ1n) is 6.71. The standard InChI is InChI=1S/C13H21N3O2/c1-4-13(8-6-7-9-13)12-14-10(15-16(12)3)11(17)18-5-2/h4-9H2,1-3H3. The summed E-state index contributed by atoms with van der Waals surface area (Å²) in [6.45, 7) is 4.32. The van der Waals surface area contributed by atoms with Crippen LogP contribution in [0.1, 0.15) is 62.4 Å². The quantitative estimate of drug-likeness (QED) is 0.770. The minimum atomic E-state index is -0.427. The molecule has 1 aromatic heterocycles. The zero-order valence-electron chi connectivity index (χ0n) is 11.4. The van der Waals surface area contributed by atoms with Crippen LogP contribution in [0.15, 0.2) is 0 Å². The molecule has 5 heteroatoms. The van der Waals surface area contributed by atoms with Crippen LogP contribution in [-0.2, 0) is 17.2 Å². The second-order valence-corrected chi connectivity index (χ2v) is 4.94. The minimum Gasteiger partial charge on any atom is -0.460 e. The van der Waals surface area contributed by atoms with Gasteiger partial charge in [0.25, 0.3) is 5.82 Å². The lowest BCUT2D eigenvalue weighted by Crippen LogP contribution is -2.25. The molecule has 0 aromatic carbocycles. The van der Waals surface area contributed by atoms with Gasteiger partial charge in [-0.25, -0.2) is 9.78 Å². The SMILES string of the molecule is CCOC(=O)c1nc(C2(CC)CCCC2)n(C)n1. The highest BCUT2D eigenvalue weighted by atomic mass is 16.5. The number of nitrogens with zero attached hydrogens (tertiary/aromatic N) is 3. The molecule has 5 nitrogen and oxygen atoms in total. The summed E-state index contributed by atoms with van der Waals surface area (Å²) in [5.74, 6) is 0.697. The van der Waals surface area contributed by atoms with Gasteiger partial charge in [-0.3, -0.25) is 4.68 Å². The normalized spacial score (nSPS) is 17.9. The van der Waals surface area contributed by atoms with Gasteiger partial charge in [0, 0.05) is 12.5 Å². The van der Waals surface area contributed by atoms with Gasteiger partial charge >= 0.3 is 5.97 Å². The Morgan fingerprint density at radius 3 is 2.61 bits per heavy atom. The number of esters is 1. The topological polar surface area (TPSA) is 57.0 Å². The molecule has 0 unspecified atom stereocenters. The molecule has 0 bridgehead atoms. The fourth-order valence-electron chi connectivity index (χ4n) is 2.92. The Hall–Kier alpha value is -1.39. The van der Waals surface area contributed by atoms with Crippen molar-refractivity contribution in [2.24, 2.45) is 7.05 Å². The monoisotopic (exact) mass is 251 g/mol. The van der Waals surface area contributed by atoms with E-state index in [1.165, 1.54) is 12.8 Å². The Labute approximate surface area is 108 Å². The lowest BCUT2D eigenvalue weighted by atomic mass is 9.82. The average Bonchev–Trinajstić information content (AvgIpc) is 2.96. The van der Waals surface area contributed by atoms with E-state index in [0.29, 0.717) is 6.61 Å². The Morgan fingerprint density at radius 1 is 1.39 bits per heavy atom. The van der Waals surface area contributed by atoms with Crippen LogP contribution in [0, 0.1) is 0 Å². The zero-order chi connectivity index (χ0) is 13.2. The summed E-state index contributed by atoms with van der Waals surface area (Å²) in [5.41, 5.74) is 0.104. The van der Waals surface area contributed by atoms with Gasteiger partial charge in [-0.2, -0.15) is 0 Å². The van der Waals surface area contributed by atoms with E-state index in [2.05, 4.69) is 17.0 Å². The van der Waals surface area contributed by atoms with E-state index in [1.54, 1.807) is 11.6 Å². The summed E-state index contributed by atoms with van der Waals surface area (Å²) in [6, 6.07) is 0. The van der Waals surface area contributed by atoms with E-state index >= 15 is 0 Å². The molecule has 2 rings (SSSR count).